The molecule has 0 amide bonds. The van der Waals surface area contributed by atoms with Crippen molar-refractivity contribution in [3.05, 3.63) is 133 Å². The Balaban J connectivity index is 1.53. The zero-order valence-electron chi connectivity index (χ0n) is 34.7. The van der Waals surface area contributed by atoms with Gasteiger partial charge in [0.15, 0.2) is 0 Å². The summed E-state index contributed by atoms with van der Waals surface area (Å²) in [5, 5.41) is 5.36. The molecule has 2 nitrogen and oxygen atoms in total. The number of para-hydroxylation sites is 3. The van der Waals surface area contributed by atoms with Crippen molar-refractivity contribution in [1.82, 2.24) is 9.55 Å². The molecule has 264 valence electrons. The minimum absolute atomic E-state index is 0.831. The highest BCUT2D eigenvalue weighted by molar-refractivity contribution is 6.71. The van der Waals surface area contributed by atoms with Crippen molar-refractivity contribution in [2.75, 3.05) is 0 Å². The Morgan fingerprint density at radius 2 is 0.842 bits per heavy atom. The third kappa shape index (κ3) is 5.79. The van der Waals surface area contributed by atoms with Gasteiger partial charge in [-0.05, 0) is 96.9 Å². The van der Waals surface area contributed by atoms with Crippen molar-refractivity contribution in [1.29, 1.82) is 0 Å². The van der Waals surface area contributed by atoms with Gasteiger partial charge < -0.3 is 0 Å². The highest BCUT2D eigenvalue weighted by Gasteiger charge is 2.27. The van der Waals surface area contributed by atoms with Crippen LogP contribution in [-0.2, 0) is 6.42 Å². The van der Waals surface area contributed by atoms with Gasteiger partial charge in [-0.2, -0.15) is 0 Å². The summed E-state index contributed by atoms with van der Waals surface area (Å²) in [6.07, 6.45) is 0.831. The van der Waals surface area contributed by atoms with E-state index >= 15 is 0 Å². The van der Waals surface area contributed by atoms with Crippen LogP contribution in [0.25, 0.3) is 82.8 Å². The predicted molar refractivity (Wildman–Crippen MR) is 273 cm³/mol. The molecular weight excluding hydrogens is 679 g/mol. The fourth-order valence-corrected chi connectivity index (χ4v) is 9.51. The van der Waals surface area contributed by atoms with Gasteiger partial charge in [-0.15, -0.1) is 21.9 Å². The summed E-state index contributed by atoms with van der Waals surface area (Å²) < 4.78 is 2.41. The molecule has 0 fully saturated rings. The van der Waals surface area contributed by atoms with Crippen molar-refractivity contribution in [3.8, 4) is 50.2 Å². The number of nitrogens with zero attached hydrogens (tertiary/aromatic N) is 2. The van der Waals surface area contributed by atoms with Gasteiger partial charge in [-0.1, -0.05) is 120 Å². The Morgan fingerprint density at radius 3 is 1.35 bits per heavy atom. The van der Waals surface area contributed by atoms with E-state index in [-0.39, 0.29) is 0 Å². The van der Waals surface area contributed by atoms with Crippen molar-refractivity contribution < 1.29 is 0 Å². The van der Waals surface area contributed by atoms with Gasteiger partial charge in [0.25, 0.3) is 0 Å². The largest absolute Gasteiger partial charge is 0.296 e. The van der Waals surface area contributed by atoms with E-state index in [9.17, 15) is 0 Å². The second-order valence-electron chi connectivity index (χ2n) is 16.0. The maximum absolute atomic E-state index is 5.16. The first-order chi connectivity index (χ1) is 27.6. The minimum atomic E-state index is 0.831. The maximum Gasteiger partial charge on any atom is 0.139 e. The van der Waals surface area contributed by atoms with E-state index < -0.39 is 0 Å². The van der Waals surface area contributed by atoms with E-state index in [1.54, 1.807) is 0 Å². The number of hydrogen-bond donors (Lipinski definition) is 0. The zero-order valence-corrected chi connectivity index (χ0v) is 34.7. The second-order valence-corrected chi connectivity index (χ2v) is 16.0. The van der Waals surface area contributed by atoms with Crippen LogP contribution in [0, 0.1) is 0 Å². The molecule has 0 unspecified atom stereocenters. The third-order valence-electron chi connectivity index (χ3n) is 13.2. The van der Waals surface area contributed by atoms with E-state index in [1.165, 1.54) is 115 Å². The van der Waals surface area contributed by atoms with Gasteiger partial charge in [0, 0.05) is 12.0 Å². The summed E-state index contributed by atoms with van der Waals surface area (Å²) in [7, 11) is 18.7. The number of aryl methyl sites for hydroxylation is 1. The number of fused-ring (bicyclic) bond motifs is 3. The molecule has 57 heavy (non-hydrogen) atoms. The Hall–Kier alpha value is -5.73. The predicted octanol–water partition coefficient (Wildman–Crippen LogP) is -1.37. The first kappa shape index (κ1) is 36.9. The lowest BCUT2D eigenvalue weighted by atomic mass is 9.59. The molecule has 0 spiro atoms. The molecule has 0 saturated carbocycles. The highest BCUT2D eigenvalue weighted by Crippen LogP contribution is 2.44. The average Bonchev–Trinajstić information content (AvgIpc) is 3.64. The van der Waals surface area contributed by atoms with Crippen LogP contribution in [0.15, 0.2) is 127 Å². The van der Waals surface area contributed by atoms with Gasteiger partial charge >= 0.3 is 0 Å². The highest BCUT2D eigenvalue weighted by atomic mass is 15.1. The monoisotopic (exact) mass is 722 g/mol. The topological polar surface area (TPSA) is 17.8 Å². The molecule has 1 aromatic heterocycles. The van der Waals surface area contributed by atoms with E-state index in [0.29, 0.717) is 0 Å². The summed E-state index contributed by atoms with van der Waals surface area (Å²) in [4.78, 5) is 5.16. The lowest BCUT2D eigenvalue weighted by molar-refractivity contribution is 0.909. The Morgan fingerprint density at radius 1 is 0.421 bits per heavy atom. The van der Waals surface area contributed by atoms with Gasteiger partial charge in [0.05, 0.1) is 16.7 Å². The lowest BCUT2D eigenvalue weighted by Gasteiger charge is -2.29. The number of benzene rings is 8. The Kier molecular flexibility index (Phi) is 9.27. The van der Waals surface area contributed by atoms with Crippen LogP contribution in [0.2, 0.25) is 0 Å². The number of aromatic nitrogens is 2. The summed E-state index contributed by atoms with van der Waals surface area (Å²) in [5.41, 5.74) is 24.1. The molecular formula is C47H42B8N2. The first-order valence-electron chi connectivity index (χ1n) is 20.4. The summed E-state index contributed by atoms with van der Waals surface area (Å²) >= 11 is 0. The Labute approximate surface area is 343 Å². The van der Waals surface area contributed by atoms with Crippen LogP contribution in [-0.4, -0.2) is 72.3 Å². The standard InChI is InChI=1S/C47H42B8N2/c1-2-33-56-30-18-10-12-20-32(30)57(33)31-19-11-9-17-29(31)35-38-36(40(48)44(52)46(54)42(38)50)34(37-39(35)43(51)47(55)45(53)41(37)49)28-22-26(24-13-5-3-6-14-24)21-27(23-28)25-15-7-4-8-16-25/h3-23H,2,48-55H2,1H3. The fraction of sp³-hybridized carbons (Fsp3) is 0.0426. The van der Waals surface area contributed by atoms with Crippen LogP contribution in [0.5, 0.6) is 0 Å². The molecule has 9 rings (SSSR count). The molecule has 0 saturated heterocycles. The Bertz CT molecular complexity index is 2950. The summed E-state index contributed by atoms with van der Waals surface area (Å²) in [5.74, 6) is 1.07. The molecule has 0 atom stereocenters. The van der Waals surface area contributed by atoms with E-state index in [1.807, 2.05) is 0 Å². The van der Waals surface area contributed by atoms with Gasteiger partial charge in [-0.25, -0.2) is 4.98 Å². The molecule has 0 aliphatic carbocycles. The van der Waals surface area contributed by atoms with E-state index in [0.717, 1.165) is 23.3 Å². The van der Waals surface area contributed by atoms with Crippen LogP contribution in [0.4, 0.5) is 0 Å². The summed E-state index contributed by atoms with van der Waals surface area (Å²) in [6.45, 7) is 2.21. The van der Waals surface area contributed by atoms with Crippen LogP contribution >= 0.6 is 0 Å². The molecule has 8 aromatic carbocycles. The van der Waals surface area contributed by atoms with Crippen LogP contribution < -0.4 is 43.7 Å². The van der Waals surface area contributed by atoms with Crippen molar-refractivity contribution in [2.24, 2.45) is 0 Å². The van der Waals surface area contributed by atoms with E-state index in [4.69, 9.17) is 4.98 Å². The molecule has 0 N–H and O–H groups in total. The number of hydrogen-bond acceptors (Lipinski definition) is 1. The normalized spacial score (nSPS) is 11.5. The first-order valence-corrected chi connectivity index (χ1v) is 20.4. The van der Waals surface area contributed by atoms with E-state index in [2.05, 4.69) is 202 Å². The number of rotatable bonds is 6. The van der Waals surface area contributed by atoms with Crippen molar-refractivity contribution in [2.45, 2.75) is 13.3 Å². The second kappa shape index (κ2) is 14.3. The fourth-order valence-electron chi connectivity index (χ4n) is 9.51. The van der Waals surface area contributed by atoms with Crippen LogP contribution in [0.1, 0.15) is 12.7 Å². The average molecular weight is 721 g/mol. The van der Waals surface area contributed by atoms with Crippen LogP contribution in [0.3, 0.4) is 0 Å². The van der Waals surface area contributed by atoms with Gasteiger partial charge in [0.1, 0.15) is 68.6 Å². The lowest BCUT2D eigenvalue weighted by Crippen LogP contribution is -2.50. The molecule has 1 heterocycles. The molecule has 0 bridgehead atoms. The molecule has 0 radical (unpaired) electrons. The summed E-state index contributed by atoms with van der Waals surface area (Å²) in [6, 6.07) is 46.6. The molecule has 9 aromatic rings. The van der Waals surface area contributed by atoms with Gasteiger partial charge in [0.2, 0.25) is 0 Å². The quantitative estimate of drug-likeness (QED) is 0.153. The zero-order chi connectivity index (χ0) is 39.7. The van der Waals surface area contributed by atoms with Crippen molar-refractivity contribution >= 4 is 139 Å². The third-order valence-corrected chi connectivity index (χ3v) is 13.2. The smallest absolute Gasteiger partial charge is 0.139 e. The molecule has 0 aliphatic rings. The SMILES string of the molecule is Bc1c(B)c(B)c2c(-c3ccccc3-n3c(CC)nc4ccccc43)c3c(B)c(B)c(B)c(B)c3c(-c3cc(-c4ccccc4)cc(-c4ccccc4)c3)c2c1B. The molecule has 0 aliphatic heterocycles. The minimum Gasteiger partial charge on any atom is -0.296 e. The number of imidazole rings is 1. The maximum atomic E-state index is 5.16. The van der Waals surface area contributed by atoms with Gasteiger partial charge in [-0.3, -0.25) is 4.57 Å². The van der Waals surface area contributed by atoms with Crippen molar-refractivity contribution in [3.63, 3.8) is 0 Å². The molecule has 10 heteroatoms.